The number of carboxylic acids is 1. The highest BCUT2D eigenvalue weighted by Crippen LogP contribution is 2.27. The quantitative estimate of drug-likeness (QED) is 0.882. The summed E-state index contributed by atoms with van der Waals surface area (Å²) < 4.78 is 0. The van der Waals surface area contributed by atoms with Crippen molar-refractivity contribution in [1.29, 1.82) is 0 Å². The first-order valence-electron chi connectivity index (χ1n) is 7.20. The average Bonchev–Trinajstić information content (AvgIpc) is 2.39. The second-order valence-electron chi connectivity index (χ2n) is 5.56. The minimum Gasteiger partial charge on any atom is -0.478 e. The maximum atomic E-state index is 12.1. The Labute approximate surface area is 119 Å². The van der Waals surface area contributed by atoms with Crippen molar-refractivity contribution in [1.82, 2.24) is 0 Å². The lowest BCUT2D eigenvalue weighted by Crippen LogP contribution is -2.20. The maximum Gasteiger partial charge on any atom is 0.338 e. The van der Waals surface area contributed by atoms with Crippen LogP contribution in [0.25, 0.3) is 0 Å². The van der Waals surface area contributed by atoms with Gasteiger partial charge in [0.2, 0.25) is 5.91 Å². The van der Waals surface area contributed by atoms with Crippen molar-refractivity contribution in [2.45, 2.75) is 45.4 Å². The van der Waals surface area contributed by atoms with E-state index in [1.165, 1.54) is 19.3 Å². The fourth-order valence-electron chi connectivity index (χ4n) is 2.91. The third-order valence-electron chi connectivity index (χ3n) is 3.96. The van der Waals surface area contributed by atoms with Crippen LogP contribution in [0.5, 0.6) is 0 Å². The number of rotatable bonds is 4. The number of hydrogen-bond donors (Lipinski definition) is 2. The maximum absolute atomic E-state index is 12.1. The second kappa shape index (κ2) is 6.55. The molecule has 0 aromatic heterocycles. The number of anilines is 1. The third kappa shape index (κ3) is 3.59. The van der Waals surface area contributed by atoms with E-state index in [2.05, 4.69) is 5.32 Å². The molecule has 20 heavy (non-hydrogen) atoms. The molecule has 1 saturated carbocycles. The van der Waals surface area contributed by atoms with Crippen molar-refractivity contribution in [3.63, 3.8) is 0 Å². The Morgan fingerprint density at radius 3 is 2.60 bits per heavy atom. The molecule has 1 aromatic carbocycles. The van der Waals surface area contributed by atoms with E-state index in [4.69, 9.17) is 0 Å². The van der Waals surface area contributed by atoms with E-state index < -0.39 is 5.97 Å². The summed E-state index contributed by atoms with van der Waals surface area (Å²) in [5.41, 5.74) is 1.25. The number of hydrogen-bond acceptors (Lipinski definition) is 2. The number of amides is 1. The Morgan fingerprint density at radius 2 is 1.95 bits per heavy atom. The van der Waals surface area contributed by atoms with Crippen LogP contribution in [0, 0.1) is 12.8 Å². The van der Waals surface area contributed by atoms with E-state index in [0.717, 1.165) is 12.8 Å². The average molecular weight is 275 g/mol. The Balaban J connectivity index is 2.04. The van der Waals surface area contributed by atoms with Crippen LogP contribution in [-0.4, -0.2) is 17.0 Å². The minimum absolute atomic E-state index is 0.0787. The van der Waals surface area contributed by atoms with Crippen LogP contribution in [0.1, 0.15) is 54.4 Å². The molecule has 108 valence electrons. The third-order valence-corrected chi connectivity index (χ3v) is 3.96. The molecule has 0 bridgehead atoms. The molecule has 0 unspecified atom stereocenters. The Kier molecular flexibility index (Phi) is 4.77. The topological polar surface area (TPSA) is 66.4 Å². The largest absolute Gasteiger partial charge is 0.478 e. The lowest BCUT2D eigenvalue weighted by molar-refractivity contribution is -0.117. The zero-order chi connectivity index (χ0) is 14.5. The lowest BCUT2D eigenvalue weighted by atomic mass is 9.87. The van der Waals surface area contributed by atoms with Gasteiger partial charge >= 0.3 is 5.97 Å². The fraction of sp³-hybridized carbons (Fsp3) is 0.500. The monoisotopic (exact) mass is 275 g/mol. The summed E-state index contributed by atoms with van der Waals surface area (Å²) in [5, 5.41) is 12.0. The van der Waals surface area contributed by atoms with E-state index in [-0.39, 0.29) is 11.5 Å². The second-order valence-corrected chi connectivity index (χ2v) is 5.56. The Bertz CT molecular complexity index is 504. The van der Waals surface area contributed by atoms with Gasteiger partial charge in [0.25, 0.3) is 0 Å². The van der Waals surface area contributed by atoms with Crippen LogP contribution in [-0.2, 0) is 4.79 Å². The van der Waals surface area contributed by atoms with E-state index >= 15 is 0 Å². The number of carboxylic acid groups (broad SMARTS) is 1. The number of aryl methyl sites for hydroxylation is 1. The van der Waals surface area contributed by atoms with E-state index in [0.29, 0.717) is 23.6 Å². The molecule has 0 saturated heterocycles. The zero-order valence-corrected chi connectivity index (χ0v) is 11.8. The summed E-state index contributed by atoms with van der Waals surface area (Å²) in [7, 11) is 0. The van der Waals surface area contributed by atoms with Crippen LogP contribution < -0.4 is 5.32 Å². The summed E-state index contributed by atoms with van der Waals surface area (Å²) >= 11 is 0. The highest BCUT2D eigenvalue weighted by molar-refractivity contribution is 6.01. The smallest absolute Gasteiger partial charge is 0.338 e. The highest BCUT2D eigenvalue weighted by atomic mass is 16.4. The van der Waals surface area contributed by atoms with E-state index in [9.17, 15) is 14.7 Å². The molecule has 0 spiro atoms. The number of benzene rings is 1. The molecule has 0 atom stereocenters. The molecule has 1 aliphatic rings. The van der Waals surface area contributed by atoms with Gasteiger partial charge in [-0.25, -0.2) is 4.79 Å². The zero-order valence-electron chi connectivity index (χ0n) is 11.8. The molecule has 2 rings (SSSR count). The van der Waals surface area contributed by atoms with Gasteiger partial charge in [0, 0.05) is 6.42 Å². The van der Waals surface area contributed by atoms with Crippen LogP contribution in [0.15, 0.2) is 18.2 Å². The molecule has 1 amide bonds. The van der Waals surface area contributed by atoms with Gasteiger partial charge < -0.3 is 10.4 Å². The van der Waals surface area contributed by atoms with Gasteiger partial charge in [-0.15, -0.1) is 0 Å². The van der Waals surface area contributed by atoms with Crippen molar-refractivity contribution in [3.8, 4) is 0 Å². The molecule has 1 aromatic rings. The Morgan fingerprint density at radius 1 is 1.25 bits per heavy atom. The van der Waals surface area contributed by atoms with Crippen LogP contribution >= 0.6 is 0 Å². The van der Waals surface area contributed by atoms with Crippen molar-refractivity contribution >= 4 is 17.6 Å². The van der Waals surface area contributed by atoms with E-state index in [1.807, 2.05) is 0 Å². The van der Waals surface area contributed by atoms with Gasteiger partial charge in [0.1, 0.15) is 0 Å². The summed E-state index contributed by atoms with van der Waals surface area (Å²) in [6, 6.07) is 5.15. The number of carbonyl (C=O) groups excluding carboxylic acids is 1. The predicted octanol–water partition coefficient (Wildman–Crippen LogP) is 3.60. The molecule has 1 fully saturated rings. The van der Waals surface area contributed by atoms with Crippen molar-refractivity contribution in [2.75, 3.05) is 5.32 Å². The number of nitrogens with one attached hydrogen (secondary N) is 1. The summed E-state index contributed by atoms with van der Waals surface area (Å²) in [5.74, 6) is -0.636. The van der Waals surface area contributed by atoms with Gasteiger partial charge in [-0.1, -0.05) is 31.4 Å². The molecule has 0 aliphatic heterocycles. The van der Waals surface area contributed by atoms with Crippen molar-refractivity contribution < 1.29 is 14.7 Å². The molecular weight excluding hydrogens is 254 g/mol. The van der Waals surface area contributed by atoms with Gasteiger partial charge in [0.15, 0.2) is 0 Å². The lowest BCUT2D eigenvalue weighted by Gasteiger charge is -2.21. The predicted molar refractivity (Wildman–Crippen MR) is 78.0 cm³/mol. The summed E-state index contributed by atoms with van der Waals surface area (Å²) in [6.45, 7) is 1.74. The fourth-order valence-corrected chi connectivity index (χ4v) is 2.91. The van der Waals surface area contributed by atoms with E-state index in [1.54, 1.807) is 25.1 Å². The van der Waals surface area contributed by atoms with Crippen LogP contribution in [0.4, 0.5) is 5.69 Å². The molecule has 4 heteroatoms. The van der Waals surface area contributed by atoms with Gasteiger partial charge in [-0.3, -0.25) is 4.79 Å². The molecular formula is C16H21NO3. The first-order chi connectivity index (χ1) is 9.58. The first-order valence-corrected chi connectivity index (χ1v) is 7.20. The summed E-state index contributed by atoms with van der Waals surface area (Å²) in [6.07, 6.45) is 6.36. The molecule has 4 nitrogen and oxygen atoms in total. The molecule has 2 N–H and O–H groups in total. The normalized spacial score (nSPS) is 15.8. The van der Waals surface area contributed by atoms with Crippen LogP contribution in [0.3, 0.4) is 0 Å². The molecule has 0 heterocycles. The SMILES string of the molecule is Cc1cccc(NC(=O)CC2CCCCC2)c1C(=O)O. The summed E-state index contributed by atoms with van der Waals surface area (Å²) in [4.78, 5) is 23.3. The van der Waals surface area contributed by atoms with Gasteiger partial charge in [-0.05, 0) is 37.3 Å². The molecule has 0 radical (unpaired) electrons. The van der Waals surface area contributed by atoms with Crippen molar-refractivity contribution in [2.24, 2.45) is 5.92 Å². The van der Waals surface area contributed by atoms with Crippen molar-refractivity contribution in [3.05, 3.63) is 29.3 Å². The first kappa shape index (κ1) is 14.6. The number of aromatic carboxylic acids is 1. The standard InChI is InChI=1S/C16H21NO3/c1-11-6-5-9-13(15(11)16(19)20)17-14(18)10-12-7-3-2-4-8-12/h5-6,9,12H,2-4,7-8,10H2,1H3,(H,17,18)(H,19,20). The molecule has 1 aliphatic carbocycles. The minimum atomic E-state index is -1.00. The highest BCUT2D eigenvalue weighted by Gasteiger charge is 2.19. The van der Waals surface area contributed by atoms with Gasteiger partial charge in [-0.2, -0.15) is 0 Å². The van der Waals surface area contributed by atoms with Crippen LogP contribution in [0.2, 0.25) is 0 Å². The Hall–Kier alpha value is -1.84. The van der Waals surface area contributed by atoms with Gasteiger partial charge in [0.05, 0.1) is 11.3 Å². The number of carbonyl (C=O) groups is 2.